The van der Waals surface area contributed by atoms with Gasteiger partial charge in [-0.15, -0.1) is 11.6 Å². The van der Waals surface area contributed by atoms with Crippen molar-refractivity contribution in [2.45, 2.75) is 32.3 Å². The zero-order chi connectivity index (χ0) is 11.5. The van der Waals surface area contributed by atoms with E-state index >= 15 is 0 Å². The highest BCUT2D eigenvalue weighted by Crippen LogP contribution is 2.25. The van der Waals surface area contributed by atoms with Crippen molar-refractivity contribution >= 4 is 17.5 Å². The molecule has 2 fully saturated rings. The van der Waals surface area contributed by atoms with Crippen LogP contribution in [0.1, 0.15) is 26.2 Å². The Bertz CT molecular complexity index is 259. The lowest BCUT2D eigenvalue weighted by atomic mass is 9.97. The van der Waals surface area contributed by atoms with Crippen molar-refractivity contribution in [1.82, 2.24) is 4.90 Å². The van der Waals surface area contributed by atoms with E-state index in [1.165, 1.54) is 0 Å². The van der Waals surface area contributed by atoms with E-state index in [1.807, 2.05) is 4.90 Å². The fraction of sp³-hybridized carbons (Fsp3) is 0.917. The molecule has 0 radical (unpaired) electrons. The molecule has 0 aromatic carbocycles. The van der Waals surface area contributed by atoms with E-state index in [9.17, 15) is 4.79 Å². The van der Waals surface area contributed by atoms with Crippen LogP contribution in [-0.2, 0) is 9.53 Å². The molecule has 0 aromatic heterocycles. The molecule has 0 saturated carbocycles. The van der Waals surface area contributed by atoms with Crippen LogP contribution in [0.3, 0.4) is 0 Å². The fourth-order valence-corrected chi connectivity index (χ4v) is 2.83. The Morgan fingerprint density at radius 3 is 2.94 bits per heavy atom. The number of halogens is 1. The molecule has 2 saturated heterocycles. The van der Waals surface area contributed by atoms with E-state index in [1.54, 1.807) is 0 Å². The van der Waals surface area contributed by atoms with Crippen molar-refractivity contribution in [2.24, 2.45) is 11.8 Å². The minimum Gasteiger partial charge on any atom is -0.368 e. The maximum absolute atomic E-state index is 12.2. The topological polar surface area (TPSA) is 29.5 Å². The number of alkyl halides is 1. The molecule has 92 valence electrons. The van der Waals surface area contributed by atoms with Crippen LogP contribution in [0.2, 0.25) is 0 Å². The molecule has 1 amide bonds. The molecule has 0 aliphatic carbocycles. The number of hydrogen-bond acceptors (Lipinski definition) is 2. The third-order valence-electron chi connectivity index (χ3n) is 3.68. The lowest BCUT2D eigenvalue weighted by Crippen LogP contribution is -2.46. The number of carbonyl (C=O) groups is 1. The Kier molecular flexibility index (Phi) is 4.09. The molecule has 2 heterocycles. The van der Waals surface area contributed by atoms with Crippen molar-refractivity contribution in [3.63, 3.8) is 0 Å². The first kappa shape index (κ1) is 12.2. The van der Waals surface area contributed by atoms with Gasteiger partial charge in [-0.2, -0.15) is 0 Å². The predicted molar refractivity (Wildman–Crippen MR) is 63.5 cm³/mol. The Labute approximate surface area is 102 Å². The number of carbonyl (C=O) groups excluding carboxylic acids is 1. The van der Waals surface area contributed by atoms with E-state index in [0.29, 0.717) is 17.7 Å². The molecule has 4 heteroatoms. The van der Waals surface area contributed by atoms with Gasteiger partial charge in [-0.25, -0.2) is 0 Å². The SMILES string of the molecule is CC1CCOC1C(=O)N1CCCC(CCl)C1. The number of likely N-dealkylation sites (tertiary alicyclic amines) is 1. The second kappa shape index (κ2) is 5.37. The van der Waals surface area contributed by atoms with Gasteiger partial charge in [-0.05, 0) is 31.1 Å². The maximum Gasteiger partial charge on any atom is 0.251 e. The summed E-state index contributed by atoms with van der Waals surface area (Å²) in [7, 11) is 0. The Hall–Kier alpha value is -0.280. The Morgan fingerprint density at radius 1 is 1.50 bits per heavy atom. The summed E-state index contributed by atoms with van der Waals surface area (Å²) in [6.07, 6.45) is 3.02. The first-order chi connectivity index (χ1) is 7.72. The van der Waals surface area contributed by atoms with E-state index in [-0.39, 0.29) is 12.0 Å². The molecule has 2 aliphatic rings. The molecular weight excluding hydrogens is 226 g/mol. The van der Waals surface area contributed by atoms with Crippen LogP contribution in [0.25, 0.3) is 0 Å². The van der Waals surface area contributed by atoms with Gasteiger partial charge in [-0.3, -0.25) is 4.79 Å². The molecule has 16 heavy (non-hydrogen) atoms. The smallest absolute Gasteiger partial charge is 0.251 e. The van der Waals surface area contributed by atoms with Crippen molar-refractivity contribution < 1.29 is 9.53 Å². The summed E-state index contributed by atoms with van der Waals surface area (Å²) in [6, 6.07) is 0. The largest absolute Gasteiger partial charge is 0.368 e. The molecular formula is C12H20ClNO2. The average Bonchev–Trinajstić information content (AvgIpc) is 2.74. The first-order valence-electron chi connectivity index (χ1n) is 6.18. The molecule has 0 bridgehead atoms. The van der Waals surface area contributed by atoms with Gasteiger partial charge in [0.2, 0.25) is 0 Å². The Morgan fingerprint density at radius 2 is 2.31 bits per heavy atom. The van der Waals surface area contributed by atoms with Crippen LogP contribution < -0.4 is 0 Å². The summed E-state index contributed by atoms with van der Waals surface area (Å²) in [5, 5.41) is 0. The van der Waals surface area contributed by atoms with Gasteiger partial charge < -0.3 is 9.64 Å². The van der Waals surface area contributed by atoms with Crippen LogP contribution in [0.5, 0.6) is 0 Å². The third-order valence-corrected chi connectivity index (χ3v) is 4.12. The van der Waals surface area contributed by atoms with E-state index < -0.39 is 0 Å². The molecule has 0 N–H and O–H groups in total. The normalized spacial score (nSPS) is 35.4. The highest BCUT2D eigenvalue weighted by Gasteiger charge is 2.35. The van der Waals surface area contributed by atoms with Gasteiger partial charge in [-0.1, -0.05) is 6.92 Å². The number of rotatable bonds is 2. The molecule has 2 rings (SSSR count). The maximum atomic E-state index is 12.2. The number of hydrogen-bond donors (Lipinski definition) is 0. The monoisotopic (exact) mass is 245 g/mol. The molecule has 0 aromatic rings. The van der Waals surface area contributed by atoms with Crippen LogP contribution >= 0.6 is 11.6 Å². The second-order valence-electron chi connectivity index (χ2n) is 5.00. The minimum atomic E-state index is -0.200. The summed E-state index contributed by atoms with van der Waals surface area (Å²) in [4.78, 5) is 14.2. The number of ether oxygens (including phenoxy) is 1. The summed E-state index contributed by atoms with van der Waals surface area (Å²) in [6.45, 7) is 4.51. The highest BCUT2D eigenvalue weighted by molar-refractivity contribution is 6.18. The molecule has 3 nitrogen and oxygen atoms in total. The second-order valence-corrected chi connectivity index (χ2v) is 5.31. The van der Waals surface area contributed by atoms with Crippen LogP contribution in [-0.4, -0.2) is 42.5 Å². The van der Waals surface area contributed by atoms with Gasteiger partial charge in [0.1, 0.15) is 6.10 Å². The van der Waals surface area contributed by atoms with Gasteiger partial charge in [0, 0.05) is 25.6 Å². The van der Waals surface area contributed by atoms with Gasteiger partial charge in [0.15, 0.2) is 0 Å². The van der Waals surface area contributed by atoms with Gasteiger partial charge in [0.05, 0.1) is 0 Å². The molecule has 0 spiro atoms. The van der Waals surface area contributed by atoms with Crippen LogP contribution in [0.15, 0.2) is 0 Å². The lowest BCUT2D eigenvalue weighted by molar-refractivity contribution is -0.144. The summed E-state index contributed by atoms with van der Waals surface area (Å²) in [5.74, 6) is 1.67. The molecule has 3 atom stereocenters. The first-order valence-corrected chi connectivity index (χ1v) is 6.72. The van der Waals surface area contributed by atoms with E-state index in [0.717, 1.165) is 39.0 Å². The standard InChI is InChI=1S/C12H20ClNO2/c1-9-4-6-16-11(9)12(15)14-5-2-3-10(7-13)8-14/h9-11H,2-8H2,1H3. The fourth-order valence-electron chi connectivity index (χ4n) is 2.58. The number of nitrogens with zero attached hydrogens (tertiary/aromatic N) is 1. The van der Waals surface area contributed by atoms with Crippen LogP contribution in [0, 0.1) is 11.8 Å². The van der Waals surface area contributed by atoms with Gasteiger partial charge >= 0.3 is 0 Å². The van der Waals surface area contributed by atoms with E-state index in [4.69, 9.17) is 16.3 Å². The quantitative estimate of drug-likeness (QED) is 0.696. The van der Waals surface area contributed by atoms with E-state index in [2.05, 4.69) is 6.92 Å². The van der Waals surface area contributed by atoms with Crippen molar-refractivity contribution in [3.8, 4) is 0 Å². The zero-order valence-corrected chi connectivity index (χ0v) is 10.6. The summed E-state index contributed by atoms with van der Waals surface area (Å²) < 4.78 is 5.52. The van der Waals surface area contributed by atoms with Crippen molar-refractivity contribution in [3.05, 3.63) is 0 Å². The predicted octanol–water partition coefficient (Wildman–Crippen LogP) is 1.89. The Balaban J connectivity index is 1.93. The third kappa shape index (κ3) is 2.51. The zero-order valence-electron chi connectivity index (χ0n) is 9.82. The highest BCUT2D eigenvalue weighted by atomic mass is 35.5. The summed E-state index contributed by atoms with van der Waals surface area (Å²) >= 11 is 5.87. The van der Waals surface area contributed by atoms with Crippen LogP contribution in [0.4, 0.5) is 0 Å². The number of amides is 1. The summed E-state index contributed by atoms with van der Waals surface area (Å²) in [5.41, 5.74) is 0. The van der Waals surface area contributed by atoms with Crippen molar-refractivity contribution in [1.29, 1.82) is 0 Å². The van der Waals surface area contributed by atoms with Crippen molar-refractivity contribution in [2.75, 3.05) is 25.6 Å². The molecule has 3 unspecified atom stereocenters. The molecule has 2 aliphatic heterocycles. The van der Waals surface area contributed by atoms with Gasteiger partial charge in [0.25, 0.3) is 5.91 Å². The average molecular weight is 246 g/mol. The number of piperidine rings is 1. The lowest BCUT2D eigenvalue weighted by Gasteiger charge is -2.34. The minimum absolute atomic E-state index is 0.180.